The largest absolute Gasteiger partial charge is 0.467 e. The lowest BCUT2D eigenvalue weighted by molar-refractivity contribution is -0.147. The van der Waals surface area contributed by atoms with Crippen molar-refractivity contribution in [2.24, 2.45) is 0 Å². The maximum Gasteiger partial charge on any atom is 0.411 e. The van der Waals surface area contributed by atoms with Crippen molar-refractivity contribution < 1.29 is 19.1 Å². The molecule has 1 heterocycles. The molecule has 0 bridgehead atoms. The maximum absolute atomic E-state index is 12.5. The molecular weight excluding hydrogens is 296 g/mol. The summed E-state index contributed by atoms with van der Waals surface area (Å²) in [5.74, 6) is -0.468. The summed E-state index contributed by atoms with van der Waals surface area (Å²) >= 11 is 0. The van der Waals surface area contributed by atoms with Crippen molar-refractivity contribution >= 4 is 17.7 Å². The molecule has 0 aliphatic carbocycles. The summed E-state index contributed by atoms with van der Waals surface area (Å²) in [5, 5.41) is 3.13. The van der Waals surface area contributed by atoms with Gasteiger partial charge in [-0.1, -0.05) is 12.1 Å². The zero-order valence-corrected chi connectivity index (χ0v) is 14.3. The van der Waals surface area contributed by atoms with E-state index in [0.717, 1.165) is 16.8 Å². The third-order valence-electron chi connectivity index (χ3n) is 3.74. The molecule has 1 unspecified atom stereocenters. The van der Waals surface area contributed by atoms with Crippen LogP contribution >= 0.6 is 0 Å². The average molecular weight is 320 g/mol. The van der Waals surface area contributed by atoms with Gasteiger partial charge < -0.3 is 14.8 Å². The maximum atomic E-state index is 12.5. The van der Waals surface area contributed by atoms with Gasteiger partial charge in [-0.05, 0) is 44.4 Å². The van der Waals surface area contributed by atoms with Gasteiger partial charge >= 0.3 is 12.1 Å². The molecule has 6 heteroatoms. The Morgan fingerprint density at radius 1 is 1.30 bits per heavy atom. The number of fused-ring (bicyclic) bond motifs is 1. The molecule has 0 radical (unpaired) electrons. The van der Waals surface area contributed by atoms with Crippen LogP contribution in [0, 0.1) is 0 Å². The number of rotatable bonds is 2. The van der Waals surface area contributed by atoms with Gasteiger partial charge in [-0.3, -0.25) is 4.90 Å². The number of carbonyl (C=O) groups is 2. The van der Waals surface area contributed by atoms with Crippen molar-refractivity contribution in [1.29, 1.82) is 0 Å². The molecule has 0 fully saturated rings. The van der Waals surface area contributed by atoms with Gasteiger partial charge in [0.2, 0.25) is 0 Å². The van der Waals surface area contributed by atoms with Crippen LogP contribution in [-0.2, 0) is 20.7 Å². The van der Waals surface area contributed by atoms with E-state index in [2.05, 4.69) is 5.32 Å². The highest BCUT2D eigenvalue weighted by molar-refractivity contribution is 5.84. The Bertz CT molecular complexity index is 607. The van der Waals surface area contributed by atoms with Crippen molar-refractivity contribution in [3.8, 4) is 0 Å². The molecule has 6 nitrogen and oxygen atoms in total. The molecule has 0 aromatic heterocycles. The van der Waals surface area contributed by atoms with E-state index in [4.69, 9.17) is 9.47 Å². The number of benzene rings is 1. The molecule has 1 aliphatic heterocycles. The Hall–Kier alpha value is -2.24. The number of methoxy groups -OCH3 is 1. The Kier molecular flexibility index (Phi) is 4.82. The molecule has 1 amide bonds. The number of nitrogens with zero attached hydrogens (tertiary/aromatic N) is 1. The summed E-state index contributed by atoms with van der Waals surface area (Å²) in [6.07, 6.45) is 0.146. The third kappa shape index (κ3) is 3.57. The van der Waals surface area contributed by atoms with Gasteiger partial charge in [-0.15, -0.1) is 0 Å². The Morgan fingerprint density at radius 3 is 2.57 bits per heavy atom. The average Bonchev–Trinajstić information content (AvgIpc) is 2.50. The summed E-state index contributed by atoms with van der Waals surface area (Å²) in [5.41, 5.74) is 2.15. The quantitative estimate of drug-likeness (QED) is 0.849. The van der Waals surface area contributed by atoms with Crippen LogP contribution in [-0.4, -0.2) is 43.3 Å². The minimum Gasteiger partial charge on any atom is -0.467 e. The first-order valence-electron chi connectivity index (χ1n) is 7.65. The highest BCUT2D eigenvalue weighted by atomic mass is 16.6. The molecular formula is C17H24N2O4. The second-order valence-electron chi connectivity index (χ2n) is 6.47. The zero-order chi connectivity index (χ0) is 17.2. The van der Waals surface area contributed by atoms with E-state index in [-0.39, 0.29) is 0 Å². The van der Waals surface area contributed by atoms with Crippen LogP contribution in [0.5, 0.6) is 0 Å². The number of carbonyl (C=O) groups excluding carboxylic acids is 2. The summed E-state index contributed by atoms with van der Waals surface area (Å²) in [7, 11) is 3.16. The summed E-state index contributed by atoms with van der Waals surface area (Å²) < 4.78 is 10.4. The van der Waals surface area contributed by atoms with E-state index in [0.29, 0.717) is 13.0 Å². The van der Waals surface area contributed by atoms with Crippen LogP contribution in [0.4, 0.5) is 10.5 Å². The number of anilines is 1. The van der Waals surface area contributed by atoms with Gasteiger partial charge in [0, 0.05) is 19.3 Å². The molecule has 23 heavy (non-hydrogen) atoms. The van der Waals surface area contributed by atoms with Gasteiger partial charge in [0.05, 0.1) is 7.11 Å². The van der Waals surface area contributed by atoms with Crippen LogP contribution in [0.1, 0.15) is 37.9 Å². The molecule has 0 saturated heterocycles. The predicted molar refractivity (Wildman–Crippen MR) is 87.4 cm³/mol. The first-order chi connectivity index (χ1) is 10.8. The summed E-state index contributed by atoms with van der Waals surface area (Å²) in [6.45, 7) is 5.81. The third-order valence-corrected chi connectivity index (χ3v) is 3.74. The molecule has 0 saturated carbocycles. The van der Waals surface area contributed by atoms with Crippen LogP contribution in [0.15, 0.2) is 18.2 Å². The first-order valence-corrected chi connectivity index (χ1v) is 7.65. The van der Waals surface area contributed by atoms with Gasteiger partial charge in [0.25, 0.3) is 0 Å². The van der Waals surface area contributed by atoms with Gasteiger partial charge in [0.1, 0.15) is 5.60 Å². The molecule has 1 N–H and O–H groups in total. The minimum absolute atomic E-state index is 0.403. The van der Waals surface area contributed by atoms with Crippen molar-refractivity contribution in [2.45, 2.75) is 38.8 Å². The van der Waals surface area contributed by atoms with Crippen molar-refractivity contribution in [3.05, 3.63) is 29.3 Å². The topological polar surface area (TPSA) is 67.9 Å². The van der Waals surface area contributed by atoms with E-state index in [9.17, 15) is 9.59 Å². The second kappa shape index (κ2) is 6.48. The number of amides is 1. The lowest BCUT2D eigenvalue weighted by Crippen LogP contribution is -2.46. The summed E-state index contributed by atoms with van der Waals surface area (Å²) in [6, 6.07) is 4.89. The van der Waals surface area contributed by atoms with Crippen LogP contribution in [0.3, 0.4) is 0 Å². The number of hydrogen-bond donors (Lipinski definition) is 1. The monoisotopic (exact) mass is 320 g/mol. The lowest BCUT2D eigenvalue weighted by Gasteiger charge is -2.37. The Morgan fingerprint density at radius 2 is 2.00 bits per heavy atom. The molecule has 0 spiro atoms. The molecule has 1 aromatic carbocycles. The predicted octanol–water partition coefficient (Wildman–Crippen LogP) is 2.74. The minimum atomic E-state index is -0.785. The number of ether oxygens (including phenoxy) is 2. The van der Waals surface area contributed by atoms with E-state index in [1.54, 1.807) is 20.8 Å². The van der Waals surface area contributed by atoms with E-state index < -0.39 is 23.7 Å². The Labute approximate surface area is 136 Å². The van der Waals surface area contributed by atoms with Crippen molar-refractivity contribution in [3.63, 3.8) is 0 Å². The van der Waals surface area contributed by atoms with E-state index in [1.807, 2.05) is 25.2 Å². The fourth-order valence-corrected chi connectivity index (χ4v) is 2.79. The molecule has 1 aromatic rings. The summed E-state index contributed by atoms with van der Waals surface area (Å²) in [4.78, 5) is 26.3. The normalized spacial score (nSPS) is 17.3. The fraction of sp³-hybridized carbons (Fsp3) is 0.529. The van der Waals surface area contributed by atoms with Crippen LogP contribution in [0.2, 0.25) is 0 Å². The number of hydrogen-bond acceptors (Lipinski definition) is 5. The lowest BCUT2D eigenvalue weighted by atomic mass is 9.91. The Balaban J connectivity index is 2.42. The number of esters is 1. The smallest absolute Gasteiger partial charge is 0.411 e. The highest BCUT2D eigenvalue weighted by Gasteiger charge is 2.39. The first kappa shape index (κ1) is 17.1. The molecule has 1 atom stereocenters. The van der Waals surface area contributed by atoms with E-state index >= 15 is 0 Å². The van der Waals surface area contributed by atoms with Crippen molar-refractivity contribution in [2.75, 3.05) is 26.0 Å². The highest BCUT2D eigenvalue weighted by Crippen LogP contribution is 2.35. The van der Waals surface area contributed by atoms with Crippen molar-refractivity contribution in [1.82, 2.24) is 4.90 Å². The number of nitrogens with one attached hydrogen (secondary N) is 1. The molecule has 1 aliphatic rings. The van der Waals surface area contributed by atoms with E-state index in [1.165, 1.54) is 12.0 Å². The van der Waals surface area contributed by atoms with Gasteiger partial charge in [-0.25, -0.2) is 9.59 Å². The molecule has 2 rings (SSSR count). The van der Waals surface area contributed by atoms with Gasteiger partial charge in [0.15, 0.2) is 6.04 Å². The zero-order valence-electron chi connectivity index (χ0n) is 14.3. The second-order valence-corrected chi connectivity index (χ2v) is 6.47. The fourth-order valence-electron chi connectivity index (χ4n) is 2.79. The standard InChI is InChI=1S/C17H24N2O4/c1-17(2,3)23-16(21)19-10-9-11-12(14(19)15(20)22-5)7-6-8-13(11)18-4/h6-8,14,18H,9-10H2,1-5H3. The van der Waals surface area contributed by atoms with Crippen LogP contribution in [0.25, 0.3) is 0 Å². The van der Waals surface area contributed by atoms with Crippen LogP contribution < -0.4 is 5.32 Å². The molecule has 126 valence electrons. The SMILES string of the molecule is CNc1cccc2c1CCN(C(=O)OC(C)(C)C)C2C(=O)OC. The van der Waals surface area contributed by atoms with Gasteiger partial charge in [-0.2, -0.15) is 0 Å².